The van der Waals surface area contributed by atoms with Gasteiger partial charge in [-0.05, 0) is 22.6 Å². The second-order valence-electron chi connectivity index (χ2n) is 4.13. The van der Waals surface area contributed by atoms with E-state index >= 15 is 0 Å². The Morgan fingerprint density at radius 2 is 2.17 bits per heavy atom. The van der Waals surface area contributed by atoms with Crippen molar-refractivity contribution in [1.82, 2.24) is 20.2 Å². The molecule has 0 aliphatic heterocycles. The summed E-state index contributed by atoms with van der Waals surface area (Å²) in [4.78, 5) is 10.8. The summed E-state index contributed by atoms with van der Waals surface area (Å²) in [6.45, 7) is 0.920. The summed E-state index contributed by atoms with van der Waals surface area (Å²) in [5.74, 6) is -1.17. The van der Waals surface area contributed by atoms with Crippen LogP contribution < -0.4 is 4.74 Å². The van der Waals surface area contributed by atoms with Crippen LogP contribution in [0.25, 0.3) is 5.69 Å². The van der Waals surface area contributed by atoms with E-state index < -0.39 is 18.1 Å². The SMILES string of the molecule is CC(=O)OCc1nnnn1-c1ccc(C#N)c(OC(F)(F)F)c1. The quantitative estimate of drug-likeness (QED) is 0.784. The Hall–Kier alpha value is -3.16. The van der Waals surface area contributed by atoms with Crippen LogP contribution in [0.2, 0.25) is 0 Å². The van der Waals surface area contributed by atoms with Crippen molar-refractivity contribution in [2.75, 3.05) is 0 Å². The van der Waals surface area contributed by atoms with Crippen molar-refractivity contribution >= 4 is 5.97 Å². The van der Waals surface area contributed by atoms with E-state index in [0.717, 1.165) is 16.8 Å². The average molecular weight is 327 g/mol. The number of nitriles is 1. The Bertz CT molecular complexity index is 766. The molecule has 0 unspecified atom stereocenters. The van der Waals surface area contributed by atoms with Gasteiger partial charge in [-0.2, -0.15) is 9.94 Å². The molecule has 0 aliphatic carbocycles. The molecular weight excluding hydrogens is 319 g/mol. The van der Waals surface area contributed by atoms with Crippen molar-refractivity contribution in [3.63, 3.8) is 0 Å². The van der Waals surface area contributed by atoms with Crippen molar-refractivity contribution < 1.29 is 27.4 Å². The molecule has 0 saturated heterocycles. The van der Waals surface area contributed by atoms with E-state index in [-0.39, 0.29) is 23.7 Å². The zero-order valence-electron chi connectivity index (χ0n) is 11.5. The van der Waals surface area contributed by atoms with Crippen molar-refractivity contribution in [3.8, 4) is 17.5 Å². The number of carbonyl (C=O) groups is 1. The number of rotatable bonds is 4. The number of benzene rings is 1. The topological polar surface area (TPSA) is 103 Å². The zero-order valence-corrected chi connectivity index (χ0v) is 11.5. The molecule has 0 fully saturated rings. The molecule has 0 saturated carbocycles. The van der Waals surface area contributed by atoms with Gasteiger partial charge < -0.3 is 9.47 Å². The first-order chi connectivity index (χ1) is 10.8. The van der Waals surface area contributed by atoms with E-state index in [0.29, 0.717) is 0 Å². The third kappa shape index (κ3) is 4.16. The molecule has 1 aromatic heterocycles. The Balaban J connectivity index is 2.38. The molecule has 8 nitrogen and oxygen atoms in total. The zero-order chi connectivity index (χ0) is 17.0. The van der Waals surface area contributed by atoms with Gasteiger partial charge in [-0.25, -0.2) is 0 Å². The van der Waals surface area contributed by atoms with Crippen molar-refractivity contribution in [3.05, 3.63) is 29.6 Å². The number of alkyl halides is 3. The number of halogens is 3. The van der Waals surface area contributed by atoms with Gasteiger partial charge >= 0.3 is 12.3 Å². The highest BCUT2D eigenvalue weighted by Gasteiger charge is 2.32. The van der Waals surface area contributed by atoms with E-state index in [2.05, 4.69) is 20.3 Å². The average Bonchev–Trinajstić information content (AvgIpc) is 2.91. The van der Waals surface area contributed by atoms with Gasteiger partial charge in [0, 0.05) is 13.0 Å². The lowest BCUT2D eigenvalue weighted by molar-refractivity contribution is -0.274. The van der Waals surface area contributed by atoms with Gasteiger partial charge in [0.05, 0.1) is 11.3 Å². The molecule has 120 valence electrons. The highest BCUT2D eigenvalue weighted by Crippen LogP contribution is 2.28. The fourth-order valence-corrected chi connectivity index (χ4v) is 1.61. The normalized spacial score (nSPS) is 10.9. The van der Waals surface area contributed by atoms with Gasteiger partial charge in [0.2, 0.25) is 0 Å². The molecule has 1 aromatic carbocycles. The molecule has 0 bridgehead atoms. The molecule has 1 heterocycles. The molecule has 0 spiro atoms. The third-order valence-electron chi connectivity index (χ3n) is 2.49. The van der Waals surface area contributed by atoms with E-state index in [9.17, 15) is 18.0 Å². The number of ether oxygens (including phenoxy) is 2. The molecule has 0 N–H and O–H groups in total. The fourth-order valence-electron chi connectivity index (χ4n) is 1.61. The highest BCUT2D eigenvalue weighted by molar-refractivity contribution is 5.65. The monoisotopic (exact) mass is 327 g/mol. The van der Waals surface area contributed by atoms with Crippen LogP contribution in [0.4, 0.5) is 13.2 Å². The first-order valence-electron chi connectivity index (χ1n) is 6.01. The van der Waals surface area contributed by atoms with Crippen LogP contribution >= 0.6 is 0 Å². The van der Waals surface area contributed by atoms with Gasteiger partial charge in [0.1, 0.15) is 11.8 Å². The van der Waals surface area contributed by atoms with Crippen molar-refractivity contribution in [2.24, 2.45) is 0 Å². The van der Waals surface area contributed by atoms with Gasteiger partial charge in [0.25, 0.3) is 0 Å². The van der Waals surface area contributed by atoms with Crippen LogP contribution in [0, 0.1) is 11.3 Å². The first kappa shape index (κ1) is 16.2. The number of tetrazole rings is 1. The summed E-state index contributed by atoms with van der Waals surface area (Å²) < 4.78 is 46.8. The molecule has 0 amide bonds. The van der Waals surface area contributed by atoms with Crippen LogP contribution in [0.5, 0.6) is 5.75 Å². The number of hydrogen-bond acceptors (Lipinski definition) is 7. The summed E-state index contributed by atoms with van der Waals surface area (Å²) in [5, 5.41) is 19.4. The number of esters is 1. The minimum atomic E-state index is -4.95. The largest absolute Gasteiger partial charge is 0.573 e. The molecule has 2 rings (SSSR count). The molecular formula is C12H8F3N5O3. The number of hydrogen-bond donors (Lipinski definition) is 0. The Morgan fingerprint density at radius 3 is 2.78 bits per heavy atom. The van der Waals surface area contributed by atoms with Gasteiger partial charge in [0.15, 0.2) is 12.4 Å². The molecule has 2 aromatic rings. The summed E-state index contributed by atoms with van der Waals surface area (Å²) in [6.07, 6.45) is -4.95. The lowest BCUT2D eigenvalue weighted by atomic mass is 10.2. The number of nitrogens with zero attached hydrogens (tertiary/aromatic N) is 5. The lowest BCUT2D eigenvalue weighted by Gasteiger charge is -2.12. The maximum atomic E-state index is 12.4. The van der Waals surface area contributed by atoms with Crippen molar-refractivity contribution in [1.29, 1.82) is 5.26 Å². The van der Waals surface area contributed by atoms with Gasteiger partial charge in [-0.1, -0.05) is 0 Å². The summed E-state index contributed by atoms with van der Waals surface area (Å²) >= 11 is 0. The van der Waals surface area contributed by atoms with E-state index in [4.69, 9.17) is 10.00 Å². The first-order valence-corrected chi connectivity index (χ1v) is 6.01. The van der Waals surface area contributed by atoms with E-state index in [1.54, 1.807) is 6.07 Å². The molecule has 23 heavy (non-hydrogen) atoms. The Labute approximate surface area is 127 Å². The molecule has 11 heteroatoms. The summed E-state index contributed by atoms with van der Waals surface area (Å²) in [5.41, 5.74) is -0.198. The standard InChI is InChI=1S/C12H8F3N5O3/c1-7(21)22-6-11-17-18-19-20(11)9-3-2-8(5-16)10(4-9)23-12(13,14)15/h2-4H,6H2,1H3. The fraction of sp³-hybridized carbons (Fsp3) is 0.250. The second kappa shape index (κ2) is 6.30. The summed E-state index contributed by atoms with van der Waals surface area (Å²) in [6, 6.07) is 5.01. The van der Waals surface area contributed by atoms with E-state index in [1.165, 1.54) is 13.0 Å². The highest BCUT2D eigenvalue weighted by atomic mass is 19.4. The number of aromatic nitrogens is 4. The minimum Gasteiger partial charge on any atom is -0.458 e. The third-order valence-corrected chi connectivity index (χ3v) is 2.49. The van der Waals surface area contributed by atoms with Gasteiger partial charge in [-0.15, -0.1) is 18.3 Å². The molecule has 0 aliphatic rings. The van der Waals surface area contributed by atoms with Crippen LogP contribution in [0.1, 0.15) is 18.3 Å². The van der Waals surface area contributed by atoms with Crippen LogP contribution in [-0.2, 0) is 16.1 Å². The number of carbonyl (C=O) groups excluding carboxylic acids is 1. The predicted octanol–water partition coefficient (Wildman–Crippen LogP) is 1.50. The van der Waals surface area contributed by atoms with Gasteiger partial charge in [-0.3, -0.25) is 4.79 Å². The molecule has 0 atom stereocenters. The smallest absolute Gasteiger partial charge is 0.458 e. The second-order valence-corrected chi connectivity index (χ2v) is 4.13. The lowest BCUT2D eigenvalue weighted by Crippen LogP contribution is -2.18. The van der Waals surface area contributed by atoms with E-state index in [1.807, 2.05) is 0 Å². The van der Waals surface area contributed by atoms with Crippen LogP contribution in [-0.4, -0.2) is 32.5 Å². The maximum Gasteiger partial charge on any atom is 0.573 e. The van der Waals surface area contributed by atoms with Crippen LogP contribution in [0.3, 0.4) is 0 Å². The minimum absolute atomic E-state index is 0.0860. The summed E-state index contributed by atoms with van der Waals surface area (Å²) in [7, 11) is 0. The van der Waals surface area contributed by atoms with Crippen molar-refractivity contribution in [2.45, 2.75) is 19.9 Å². The predicted molar refractivity (Wildman–Crippen MR) is 66.0 cm³/mol. The Morgan fingerprint density at radius 1 is 1.43 bits per heavy atom. The van der Waals surface area contributed by atoms with Crippen LogP contribution in [0.15, 0.2) is 18.2 Å². The Kier molecular flexibility index (Phi) is 4.44. The molecule has 0 radical (unpaired) electrons. The maximum absolute atomic E-state index is 12.4.